The fourth-order valence-corrected chi connectivity index (χ4v) is 7.16. The molecule has 0 amide bonds. The van der Waals surface area contributed by atoms with Gasteiger partial charge in [-0.1, -0.05) is 34.1 Å². The van der Waals surface area contributed by atoms with Crippen molar-refractivity contribution in [2.75, 3.05) is 0 Å². The van der Waals surface area contributed by atoms with E-state index in [9.17, 15) is 4.79 Å². The van der Waals surface area contributed by atoms with E-state index in [1.807, 2.05) is 12.3 Å². The highest BCUT2D eigenvalue weighted by Crippen LogP contribution is 2.66. The van der Waals surface area contributed by atoms with Crippen molar-refractivity contribution < 1.29 is 0 Å². The molecule has 1 heterocycles. The van der Waals surface area contributed by atoms with E-state index in [1.165, 1.54) is 49.7 Å². The van der Waals surface area contributed by atoms with Crippen molar-refractivity contribution in [3.8, 4) is 0 Å². The summed E-state index contributed by atoms with van der Waals surface area (Å²) >= 11 is 0. The van der Waals surface area contributed by atoms with Crippen molar-refractivity contribution in [2.24, 2.45) is 22.7 Å². The van der Waals surface area contributed by atoms with E-state index in [0.717, 1.165) is 18.3 Å². The van der Waals surface area contributed by atoms with Gasteiger partial charge in [-0.25, -0.2) is 0 Å². The number of nitrogens with one attached hydrogen (secondary N) is 1. The van der Waals surface area contributed by atoms with Gasteiger partial charge in [0, 0.05) is 12.3 Å². The molecule has 1 aromatic rings. The molecule has 0 aromatic carbocycles. The van der Waals surface area contributed by atoms with Gasteiger partial charge in [-0.2, -0.15) is 0 Å². The fraction of sp³-hybridized carbons (Fsp3) is 0.762. The number of hydrogen-bond donors (Lipinski definition) is 1. The number of fused-ring (bicyclic) bond motifs is 5. The number of hydrogen-bond acceptors (Lipinski definition) is 1. The largest absolute Gasteiger partial charge is 0.329 e. The van der Waals surface area contributed by atoms with Crippen LogP contribution < -0.4 is 5.56 Å². The van der Waals surface area contributed by atoms with Crippen molar-refractivity contribution in [3.05, 3.63) is 33.7 Å². The Morgan fingerprint density at radius 2 is 1.83 bits per heavy atom. The van der Waals surface area contributed by atoms with Crippen LogP contribution in [-0.2, 0) is 11.8 Å². The van der Waals surface area contributed by atoms with Gasteiger partial charge in [0.25, 0.3) is 0 Å². The summed E-state index contributed by atoms with van der Waals surface area (Å²) in [5, 5.41) is 0. The number of pyridine rings is 1. The highest BCUT2D eigenvalue weighted by Gasteiger charge is 2.59. The molecule has 2 nitrogen and oxygen atoms in total. The van der Waals surface area contributed by atoms with Gasteiger partial charge in [-0.3, -0.25) is 4.79 Å². The average molecular weight is 313 g/mol. The molecule has 0 saturated heterocycles. The third-order valence-electron chi connectivity index (χ3n) is 8.12. The molecule has 2 heteroatoms. The molecular weight excluding hydrogens is 282 g/mol. The van der Waals surface area contributed by atoms with Crippen LogP contribution in [0.15, 0.2) is 17.1 Å². The first-order chi connectivity index (χ1) is 10.8. The van der Waals surface area contributed by atoms with Crippen LogP contribution in [0, 0.1) is 22.7 Å². The molecule has 0 bridgehead atoms. The monoisotopic (exact) mass is 313 g/mol. The molecule has 0 aliphatic heterocycles. The third kappa shape index (κ3) is 2.03. The Kier molecular flexibility index (Phi) is 3.19. The van der Waals surface area contributed by atoms with E-state index in [2.05, 4.69) is 32.7 Å². The van der Waals surface area contributed by atoms with Crippen LogP contribution in [0.1, 0.15) is 77.3 Å². The summed E-state index contributed by atoms with van der Waals surface area (Å²) in [6.07, 6.45) is 11.1. The third-order valence-corrected chi connectivity index (χ3v) is 8.12. The minimum Gasteiger partial charge on any atom is -0.329 e. The Morgan fingerprint density at radius 1 is 1.04 bits per heavy atom. The summed E-state index contributed by atoms with van der Waals surface area (Å²) in [7, 11) is 0. The average Bonchev–Trinajstić information content (AvgIpc) is 2.46. The number of rotatable bonds is 0. The van der Waals surface area contributed by atoms with E-state index < -0.39 is 0 Å². The molecule has 1 N–H and O–H groups in total. The number of aromatic nitrogens is 1. The zero-order valence-electron chi connectivity index (χ0n) is 15.2. The molecule has 0 radical (unpaired) electrons. The molecular formula is C21H31NO. The fourth-order valence-electron chi connectivity index (χ4n) is 7.16. The van der Waals surface area contributed by atoms with Gasteiger partial charge < -0.3 is 4.98 Å². The topological polar surface area (TPSA) is 32.9 Å². The highest BCUT2D eigenvalue weighted by molar-refractivity contribution is 5.37. The molecule has 3 aliphatic carbocycles. The molecule has 1 aromatic heterocycles. The lowest BCUT2D eigenvalue weighted by atomic mass is 9.41. The molecule has 0 unspecified atom stereocenters. The Morgan fingerprint density at radius 3 is 2.61 bits per heavy atom. The molecule has 3 aliphatic rings. The molecule has 4 rings (SSSR count). The van der Waals surface area contributed by atoms with Gasteiger partial charge >= 0.3 is 0 Å². The predicted molar refractivity (Wildman–Crippen MR) is 94.7 cm³/mol. The molecule has 126 valence electrons. The van der Waals surface area contributed by atoms with Crippen LogP contribution in [0.3, 0.4) is 0 Å². The van der Waals surface area contributed by atoms with Crippen LogP contribution in [-0.4, -0.2) is 4.98 Å². The minimum atomic E-state index is 0.0712. The second-order valence-corrected chi connectivity index (χ2v) is 9.68. The maximum atomic E-state index is 12.0. The van der Waals surface area contributed by atoms with Gasteiger partial charge in [-0.15, -0.1) is 0 Å². The van der Waals surface area contributed by atoms with Crippen molar-refractivity contribution in [2.45, 2.75) is 78.1 Å². The molecule has 2 saturated carbocycles. The number of aromatic amines is 1. The molecule has 0 spiro atoms. The van der Waals surface area contributed by atoms with Crippen LogP contribution >= 0.6 is 0 Å². The summed E-state index contributed by atoms with van der Waals surface area (Å²) in [4.78, 5) is 14.9. The van der Waals surface area contributed by atoms with E-state index in [0.29, 0.717) is 10.8 Å². The Balaban J connectivity index is 1.83. The Hall–Kier alpha value is -1.05. The lowest BCUT2D eigenvalue weighted by Gasteiger charge is -2.64. The van der Waals surface area contributed by atoms with Gasteiger partial charge in [0.15, 0.2) is 0 Å². The van der Waals surface area contributed by atoms with Crippen LogP contribution in [0.2, 0.25) is 0 Å². The smallest absolute Gasteiger partial charge is 0.248 e. The first kappa shape index (κ1) is 15.5. The maximum absolute atomic E-state index is 12.0. The van der Waals surface area contributed by atoms with Crippen molar-refractivity contribution in [1.29, 1.82) is 0 Å². The van der Waals surface area contributed by atoms with E-state index in [1.54, 1.807) is 0 Å². The second kappa shape index (κ2) is 4.74. The van der Waals surface area contributed by atoms with Gasteiger partial charge in [0.2, 0.25) is 5.56 Å². The predicted octanol–water partition coefficient (Wildman–Crippen LogP) is 4.82. The Bertz CT molecular complexity index is 687. The quantitative estimate of drug-likeness (QED) is 0.731. The maximum Gasteiger partial charge on any atom is 0.248 e. The Labute approximate surface area is 140 Å². The van der Waals surface area contributed by atoms with Crippen LogP contribution in [0.4, 0.5) is 0 Å². The first-order valence-corrected chi connectivity index (χ1v) is 9.49. The summed E-state index contributed by atoms with van der Waals surface area (Å²) in [5.74, 6) is 1.56. The SMILES string of the molecule is CC1(C)CCC[C@]2(C)[C@H]3CCc4c[nH]c(=O)cc4[C@]3(C)CC[C@@H]12. The van der Waals surface area contributed by atoms with E-state index in [-0.39, 0.29) is 11.0 Å². The van der Waals surface area contributed by atoms with Crippen molar-refractivity contribution in [1.82, 2.24) is 4.98 Å². The molecule has 23 heavy (non-hydrogen) atoms. The number of H-pyrrole nitrogens is 1. The number of aryl methyl sites for hydroxylation is 1. The summed E-state index contributed by atoms with van der Waals surface area (Å²) in [6, 6.07) is 1.92. The normalized spacial score (nSPS) is 41.6. The van der Waals surface area contributed by atoms with Crippen LogP contribution in [0.25, 0.3) is 0 Å². The summed E-state index contributed by atoms with van der Waals surface area (Å²) < 4.78 is 0. The summed E-state index contributed by atoms with van der Waals surface area (Å²) in [5.41, 5.74) is 3.93. The lowest BCUT2D eigenvalue weighted by molar-refractivity contribution is -0.110. The standard InChI is InChI=1S/C21H31NO/c1-19(2)9-5-10-21(4)16(19)8-11-20(3)15-12-18(23)22-13-14(15)6-7-17(20)21/h12-13,16-17H,5-11H2,1-4H3,(H,22,23)/t16-,17-,20-,21-/m0/s1. The highest BCUT2D eigenvalue weighted by atomic mass is 16.1. The zero-order chi connectivity index (χ0) is 16.5. The van der Waals surface area contributed by atoms with Crippen molar-refractivity contribution in [3.63, 3.8) is 0 Å². The van der Waals surface area contributed by atoms with Gasteiger partial charge in [0.1, 0.15) is 0 Å². The second-order valence-electron chi connectivity index (χ2n) is 9.68. The van der Waals surface area contributed by atoms with Gasteiger partial charge in [-0.05, 0) is 77.7 Å². The van der Waals surface area contributed by atoms with Crippen LogP contribution in [0.5, 0.6) is 0 Å². The summed E-state index contributed by atoms with van der Waals surface area (Å²) in [6.45, 7) is 10.0. The van der Waals surface area contributed by atoms with E-state index >= 15 is 0 Å². The molecule has 2 fully saturated rings. The minimum absolute atomic E-state index is 0.0712. The van der Waals surface area contributed by atoms with E-state index in [4.69, 9.17) is 0 Å². The molecule has 4 atom stereocenters. The van der Waals surface area contributed by atoms with Gasteiger partial charge in [0.05, 0.1) is 0 Å². The first-order valence-electron chi connectivity index (χ1n) is 9.49. The zero-order valence-corrected chi connectivity index (χ0v) is 15.2. The lowest BCUT2D eigenvalue weighted by Crippen LogP contribution is -2.57. The van der Waals surface area contributed by atoms with Crippen molar-refractivity contribution >= 4 is 0 Å².